The average Bonchev–Trinajstić information content (AvgIpc) is 3.26. The molecular weight excluding hydrogens is 516 g/mol. The fourth-order valence-corrected chi connectivity index (χ4v) is 4.68. The number of halogens is 3. The van der Waals surface area contributed by atoms with Crippen LogP contribution in [0.3, 0.4) is 0 Å². The molecule has 3 aromatic carbocycles. The highest BCUT2D eigenvalue weighted by molar-refractivity contribution is 6.37. The molecule has 0 atom stereocenters. The van der Waals surface area contributed by atoms with E-state index in [-0.39, 0.29) is 28.1 Å². The number of aromatic carboxylic acids is 1. The van der Waals surface area contributed by atoms with Crippen molar-refractivity contribution in [2.75, 3.05) is 11.9 Å². The number of anilines is 1. The summed E-state index contributed by atoms with van der Waals surface area (Å²) >= 11 is 12.6. The normalized spacial score (nSPS) is 11.1. The van der Waals surface area contributed by atoms with Crippen LogP contribution in [-0.2, 0) is 13.2 Å². The first-order valence-corrected chi connectivity index (χ1v) is 12.4. The summed E-state index contributed by atoms with van der Waals surface area (Å²) in [5.41, 5.74) is 4.25. The molecule has 0 spiro atoms. The van der Waals surface area contributed by atoms with Gasteiger partial charge in [-0.3, -0.25) is 0 Å². The summed E-state index contributed by atoms with van der Waals surface area (Å²) in [6, 6.07) is 16.9. The van der Waals surface area contributed by atoms with Crippen LogP contribution in [0.4, 0.5) is 10.1 Å². The van der Waals surface area contributed by atoms with Gasteiger partial charge in [-0.1, -0.05) is 49.2 Å². The Morgan fingerprint density at radius 2 is 1.78 bits per heavy atom. The zero-order chi connectivity index (χ0) is 26.7. The summed E-state index contributed by atoms with van der Waals surface area (Å²) in [5, 5.41) is 14.0. The number of aromatic nitrogens is 2. The van der Waals surface area contributed by atoms with E-state index in [0.29, 0.717) is 18.0 Å². The number of ether oxygens (including phenoxy) is 1. The van der Waals surface area contributed by atoms with Crippen molar-refractivity contribution in [2.45, 2.75) is 32.9 Å². The predicted molar refractivity (Wildman–Crippen MR) is 144 cm³/mol. The highest BCUT2D eigenvalue weighted by Gasteiger charge is 2.20. The number of carbonyl (C=O) groups is 1. The van der Waals surface area contributed by atoms with Crippen LogP contribution in [-0.4, -0.2) is 27.9 Å². The molecule has 4 aromatic rings. The van der Waals surface area contributed by atoms with Gasteiger partial charge in [-0.05, 0) is 65.6 Å². The second-order valence-corrected chi connectivity index (χ2v) is 9.79. The Morgan fingerprint density at radius 3 is 2.41 bits per heavy atom. The maximum Gasteiger partial charge on any atom is 0.335 e. The van der Waals surface area contributed by atoms with E-state index < -0.39 is 11.8 Å². The molecule has 0 aliphatic carbocycles. The summed E-state index contributed by atoms with van der Waals surface area (Å²) in [6.07, 6.45) is 1.75. The number of carboxylic acid groups (broad SMARTS) is 1. The molecule has 0 radical (unpaired) electrons. The second kappa shape index (κ2) is 11.2. The van der Waals surface area contributed by atoms with Crippen molar-refractivity contribution in [3.63, 3.8) is 0 Å². The first-order chi connectivity index (χ1) is 17.6. The molecule has 4 rings (SSSR count). The van der Waals surface area contributed by atoms with Gasteiger partial charge in [0.05, 0.1) is 27.5 Å². The van der Waals surface area contributed by atoms with Crippen molar-refractivity contribution in [2.24, 2.45) is 0 Å². The van der Waals surface area contributed by atoms with E-state index in [4.69, 9.17) is 27.9 Å². The highest BCUT2D eigenvalue weighted by atomic mass is 35.5. The van der Waals surface area contributed by atoms with Gasteiger partial charge in [-0.2, -0.15) is 5.10 Å². The fraction of sp³-hybridized carbons (Fsp3) is 0.214. The van der Waals surface area contributed by atoms with Crippen LogP contribution < -0.4 is 9.64 Å². The van der Waals surface area contributed by atoms with Gasteiger partial charge in [0, 0.05) is 19.3 Å². The van der Waals surface area contributed by atoms with E-state index in [2.05, 4.69) is 18.9 Å². The van der Waals surface area contributed by atoms with Crippen LogP contribution in [0.25, 0.3) is 5.69 Å². The van der Waals surface area contributed by atoms with Crippen molar-refractivity contribution in [3.05, 3.63) is 105 Å². The smallest absolute Gasteiger partial charge is 0.335 e. The molecule has 0 fully saturated rings. The molecule has 9 heteroatoms. The number of nitrogens with zero attached hydrogens (tertiary/aromatic N) is 3. The van der Waals surface area contributed by atoms with Crippen molar-refractivity contribution in [1.82, 2.24) is 9.78 Å². The summed E-state index contributed by atoms with van der Waals surface area (Å²) in [5.74, 6) is -0.644. The lowest BCUT2D eigenvalue weighted by atomic mass is 10.0. The average molecular weight is 542 g/mol. The monoisotopic (exact) mass is 541 g/mol. The van der Waals surface area contributed by atoms with Crippen LogP contribution in [0.1, 0.15) is 46.9 Å². The van der Waals surface area contributed by atoms with Gasteiger partial charge < -0.3 is 14.7 Å². The van der Waals surface area contributed by atoms with Crippen LogP contribution in [0.5, 0.6) is 5.75 Å². The van der Waals surface area contributed by atoms with Gasteiger partial charge in [-0.25, -0.2) is 13.9 Å². The predicted octanol–water partition coefficient (Wildman–Crippen LogP) is 7.36. The Hall–Kier alpha value is -3.55. The molecule has 192 valence electrons. The molecular formula is C28H26Cl2FN3O3. The van der Waals surface area contributed by atoms with E-state index in [1.165, 1.54) is 12.1 Å². The molecule has 1 heterocycles. The summed E-state index contributed by atoms with van der Waals surface area (Å²) in [7, 11) is 1.94. The van der Waals surface area contributed by atoms with Crippen LogP contribution in [0, 0.1) is 5.82 Å². The maximum absolute atomic E-state index is 13.7. The standard InChI is InChI=1S/C28H26Cl2FN3O3/c1-17(2)23-14-32-34(27-24(29)12-20(31)13-25(27)30)26(23)16-37-22-9-7-21(8-10-22)33(3)15-18-5-4-6-19(11-18)28(35)36/h4-14,17H,15-16H2,1-3H3,(H,35,36). The van der Waals surface area contributed by atoms with Gasteiger partial charge in [0.2, 0.25) is 0 Å². The van der Waals surface area contributed by atoms with Gasteiger partial charge in [-0.15, -0.1) is 0 Å². The zero-order valence-electron chi connectivity index (χ0n) is 20.6. The van der Waals surface area contributed by atoms with E-state index in [1.54, 1.807) is 29.1 Å². The molecule has 0 bridgehead atoms. The SMILES string of the molecule is CC(C)c1cnn(-c2c(Cl)cc(F)cc2Cl)c1COc1ccc(N(C)Cc2cccc(C(=O)O)c2)cc1. The van der Waals surface area contributed by atoms with Crippen molar-refractivity contribution < 1.29 is 19.0 Å². The highest BCUT2D eigenvalue weighted by Crippen LogP contribution is 2.33. The van der Waals surface area contributed by atoms with Gasteiger partial charge >= 0.3 is 5.97 Å². The summed E-state index contributed by atoms with van der Waals surface area (Å²) in [6.45, 7) is 4.86. The first-order valence-electron chi connectivity index (χ1n) is 11.6. The zero-order valence-corrected chi connectivity index (χ0v) is 22.1. The van der Waals surface area contributed by atoms with Crippen molar-refractivity contribution >= 4 is 34.9 Å². The quantitative estimate of drug-likeness (QED) is 0.240. The second-order valence-electron chi connectivity index (χ2n) is 8.98. The summed E-state index contributed by atoms with van der Waals surface area (Å²) in [4.78, 5) is 13.3. The molecule has 37 heavy (non-hydrogen) atoms. The molecule has 1 N–H and O–H groups in total. The topological polar surface area (TPSA) is 67.6 Å². The van der Waals surface area contributed by atoms with Gasteiger partial charge in [0.1, 0.15) is 23.9 Å². The molecule has 0 aliphatic rings. The Labute approximate surface area is 224 Å². The number of benzene rings is 3. The van der Waals surface area contributed by atoms with Gasteiger partial charge in [0.15, 0.2) is 0 Å². The Morgan fingerprint density at radius 1 is 1.11 bits per heavy atom. The molecule has 0 amide bonds. The first kappa shape index (κ1) is 26.5. The van der Waals surface area contributed by atoms with E-state index in [1.807, 2.05) is 42.3 Å². The molecule has 1 aromatic heterocycles. The lowest BCUT2D eigenvalue weighted by molar-refractivity contribution is 0.0696. The largest absolute Gasteiger partial charge is 0.487 e. The van der Waals surface area contributed by atoms with Crippen LogP contribution in [0.15, 0.2) is 66.9 Å². The third kappa shape index (κ3) is 6.06. The Balaban J connectivity index is 1.51. The van der Waals surface area contributed by atoms with Crippen molar-refractivity contribution in [1.29, 1.82) is 0 Å². The number of carboxylic acids is 1. The number of hydrogen-bond acceptors (Lipinski definition) is 4. The van der Waals surface area contributed by atoms with E-state index in [0.717, 1.165) is 22.5 Å². The minimum absolute atomic E-state index is 0.158. The molecule has 0 unspecified atom stereocenters. The lowest BCUT2D eigenvalue weighted by Crippen LogP contribution is -2.16. The fourth-order valence-electron chi connectivity index (χ4n) is 4.06. The maximum atomic E-state index is 13.7. The molecule has 0 saturated heterocycles. The minimum Gasteiger partial charge on any atom is -0.487 e. The molecule has 0 saturated carbocycles. The minimum atomic E-state index is -0.947. The van der Waals surface area contributed by atoms with E-state index in [9.17, 15) is 14.3 Å². The Bertz CT molecular complexity index is 1400. The van der Waals surface area contributed by atoms with Crippen LogP contribution in [0.2, 0.25) is 10.0 Å². The number of hydrogen-bond donors (Lipinski definition) is 1. The Kier molecular flexibility index (Phi) is 8.05. The number of rotatable bonds is 9. The third-order valence-corrected chi connectivity index (χ3v) is 6.54. The van der Waals surface area contributed by atoms with E-state index >= 15 is 0 Å². The molecule has 6 nitrogen and oxygen atoms in total. The molecule has 0 aliphatic heterocycles. The van der Waals surface area contributed by atoms with Gasteiger partial charge in [0.25, 0.3) is 0 Å². The van der Waals surface area contributed by atoms with Crippen LogP contribution >= 0.6 is 23.2 Å². The third-order valence-electron chi connectivity index (χ3n) is 5.96. The lowest BCUT2D eigenvalue weighted by Gasteiger charge is -2.20. The summed E-state index contributed by atoms with van der Waals surface area (Å²) < 4.78 is 21.4. The van der Waals surface area contributed by atoms with Crippen molar-refractivity contribution in [3.8, 4) is 11.4 Å².